The SMILES string of the molecule is Cc1ccc(C(=O)/C(F)=C/c2cccc(Br)c2)cc1. The topological polar surface area (TPSA) is 17.1 Å². The van der Waals surface area contributed by atoms with Crippen LogP contribution in [0.2, 0.25) is 0 Å². The van der Waals surface area contributed by atoms with Gasteiger partial charge in [0.1, 0.15) is 0 Å². The molecule has 2 rings (SSSR count). The zero-order valence-corrected chi connectivity index (χ0v) is 11.9. The van der Waals surface area contributed by atoms with Crippen LogP contribution in [-0.4, -0.2) is 5.78 Å². The predicted molar refractivity (Wildman–Crippen MR) is 78.7 cm³/mol. The summed E-state index contributed by atoms with van der Waals surface area (Å²) >= 11 is 3.31. The van der Waals surface area contributed by atoms with Gasteiger partial charge in [0.25, 0.3) is 0 Å². The molecule has 0 radical (unpaired) electrons. The summed E-state index contributed by atoms with van der Waals surface area (Å²) in [5, 5.41) is 0. The van der Waals surface area contributed by atoms with Crippen LogP contribution in [0.5, 0.6) is 0 Å². The molecule has 0 bridgehead atoms. The minimum Gasteiger partial charge on any atom is -0.286 e. The Kier molecular flexibility index (Phi) is 4.27. The van der Waals surface area contributed by atoms with Crippen LogP contribution in [0.3, 0.4) is 0 Å². The monoisotopic (exact) mass is 318 g/mol. The van der Waals surface area contributed by atoms with Crippen molar-refractivity contribution in [1.82, 2.24) is 0 Å². The fourth-order valence-electron chi connectivity index (χ4n) is 1.65. The van der Waals surface area contributed by atoms with Crippen LogP contribution in [0, 0.1) is 6.92 Å². The lowest BCUT2D eigenvalue weighted by Crippen LogP contribution is -1.99. The van der Waals surface area contributed by atoms with Gasteiger partial charge in [-0.05, 0) is 30.7 Å². The fourth-order valence-corrected chi connectivity index (χ4v) is 2.07. The zero-order chi connectivity index (χ0) is 13.8. The van der Waals surface area contributed by atoms with Crippen molar-refractivity contribution >= 4 is 27.8 Å². The van der Waals surface area contributed by atoms with Gasteiger partial charge in [0, 0.05) is 10.0 Å². The third kappa shape index (κ3) is 3.61. The van der Waals surface area contributed by atoms with Crippen LogP contribution in [0.15, 0.2) is 58.8 Å². The molecule has 0 atom stereocenters. The Bertz CT molecular complexity index is 629. The summed E-state index contributed by atoms with van der Waals surface area (Å²) in [7, 11) is 0. The van der Waals surface area contributed by atoms with Crippen molar-refractivity contribution in [2.45, 2.75) is 6.92 Å². The summed E-state index contributed by atoms with van der Waals surface area (Å²) in [6, 6.07) is 14.0. The molecule has 2 aromatic rings. The molecule has 0 spiro atoms. The molecule has 0 aliphatic carbocycles. The second kappa shape index (κ2) is 5.93. The number of hydrogen-bond acceptors (Lipinski definition) is 1. The van der Waals surface area contributed by atoms with Gasteiger partial charge in [-0.25, -0.2) is 4.39 Å². The number of Topliss-reactive ketones (excluding diaryl/α,β-unsaturated/α-hetero) is 1. The first-order valence-electron chi connectivity index (χ1n) is 5.80. The highest BCUT2D eigenvalue weighted by molar-refractivity contribution is 9.10. The van der Waals surface area contributed by atoms with Crippen LogP contribution in [0.1, 0.15) is 21.5 Å². The van der Waals surface area contributed by atoms with E-state index < -0.39 is 11.6 Å². The first-order valence-corrected chi connectivity index (χ1v) is 6.60. The summed E-state index contributed by atoms with van der Waals surface area (Å²) < 4.78 is 14.7. The Balaban J connectivity index is 2.26. The van der Waals surface area contributed by atoms with Gasteiger partial charge in [-0.15, -0.1) is 0 Å². The summed E-state index contributed by atoms with van der Waals surface area (Å²) in [5.74, 6) is -1.36. The molecule has 3 heteroatoms. The molecule has 0 amide bonds. The summed E-state index contributed by atoms with van der Waals surface area (Å²) in [5.41, 5.74) is 2.04. The van der Waals surface area contributed by atoms with Crippen molar-refractivity contribution in [1.29, 1.82) is 0 Å². The number of ketones is 1. The van der Waals surface area contributed by atoms with E-state index in [1.54, 1.807) is 42.5 Å². The van der Waals surface area contributed by atoms with Crippen LogP contribution in [0.4, 0.5) is 4.39 Å². The maximum absolute atomic E-state index is 13.9. The van der Waals surface area contributed by atoms with Crippen molar-refractivity contribution in [2.24, 2.45) is 0 Å². The van der Waals surface area contributed by atoms with Gasteiger partial charge >= 0.3 is 0 Å². The van der Waals surface area contributed by atoms with Gasteiger partial charge in [0.05, 0.1) is 0 Å². The van der Waals surface area contributed by atoms with E-state index in [9.17, 15) is 9.18 Å². The molecule has 96 valence electrons. The number of hydrogen-bond donors (Lipinski definition) is 0. The largest absolute Gasteiger partial charge is 0.286 e. The maximum Gasteiger partial charge on any atom is 0.221 e. The second-order valence-electron chi connectivity index (χ2n) is 4.24. The van der Waals surface area contributed by atoms with Gasteiger partial charge in [-0.2, -0.15) is 0 Å². The average Bonchev–Trinajstić information content (AvgIpc) is 2.39. The van der Waals surface area contributed by atoms with Crippen LogP contribution in [-0.2, 0) is 0 Å². The predicted octanol–water partition coefficient (Wildman–Crippen LogP) is 4.95. The third-order valence-corrected chi connectivity index (χ3v) is 3.17. The number of aryl methyl sites for hydroxylation is 1. The first kappa shape index (κ1) is 13.7. The van der Waals surface area contributed by atoms with E-state index in [-0.39, 0.29) is 0 Å². The molecule has 0 saturated heterocycles. The van der Waals surface area contributed by atoms with Gasteiger partial charge in [-0.3, -0.25) is 4.79 Å². The summed E-state index contributed by atoms with van der Waals surface area (Å²) in [4.78, 5) is 11.9. The van der Waals surface area contributed by atoms with Crippen molar-refractivity contribution in [2.75, 3.05) is 0 Å². The van der Waals surface area contributed by atoms with Gasteiger partial charge in [0.15, 0.2) is 5.83 Å². The van der Waals surface area contributed by atoms with Crippen LogP contribution >= 0.6 is 15.9 Å². The minimum absolute atomic E-state index is 0.356. The minimum atomic E-state index is -0.762. The number of halogens is 2. The molecule has 0 aliphatic heterocycles. The number of allylic oxidation sites excluding steroid dienone is 1. The van der Waals surface area contributed by atoms with Crippen molar-refractivity contribution in [3.8, 4) is 0 Å². The fraction of sp³-hybridized carbons (Fsp3) is 0.0625. The molecule has 19 heavy (non-hydrogen) atoms. The Hall–Kier alpha value is -1.74. The molecule has 2 aromatic carbocycles. The van der Waals surface area contributed by atoms with Crippen LogP contribution < -0.4 is 0 Å². The molecular formula is C16H12BrFO. The third-order valence-electron chi connectivity index (χ3n) is 2.67. The van der Waals surface area contributed by atoms with Crippen molar-refractivity contribution < 1.29 is 9.18 Å². The van der Waals surface area contributed by atoms with E-state index >= 15 is 0 Å². The molecule has 0 aliphatic rings. The Morgan fingerprint density at radius 3 is 2.47 bits per heavy atom. The Morgan fingerprint density at radius 2 is 1.84 bits per heavy atom. The van der Waals surface area contributed by atoms with E-state index in [0.29, 0.717) is 11.1 Å². The van der Waals surface area contributed by atoms with E-state index in [1.165, 1.54) is 6.08 Å². The first-order chi connectivity index (χ1) is 9.06. The Labute approximate surface area is 119 Å². The highest BCUT2D eigenvalue weighted by Crippen LogP contribution is 2.17. The molecule has 0 heterocycles. The number of benzene rings is 2. The molecule has 0 unspecified atom stereocenters. The van der Waals surface area contributed by atoms with Crippen molar-refractivity contribution in [3.63, 3.8) is 0 Å². The normalized spacial score (nSPS) is 11.4. The smallest absolute Gasteiger partial charge is 0.221 e. The maximum atomic E-state index is 13.9. The zero-order valence-electron chi connectivity index (χ0n) is 10.4. The second-order valence-corrected chi connectivity index (χ2v) is 5.16. The highest BCUT2D eigenvalue weighted by Gasteiger charge is 2.11. The summed E-state index contributed by atoms with van der Waals surface area (Å²) in [6.45, 7) is 1.92. The highest BCUT2D eigenvalue weighted by atomic mass is 79.9. The standard InChI is InChI=1S/C16H12BrFO/c1-11-5-7-13(8-6-11)16(19)15(18)10-12-3-2-4-14(17)9-12/h2-10H,1H3/b15-10-. The van der Waals surface area contributed by atoms with E-state index in [4.69, 9.17) is 0 Å². The van der Waals surface area contributed by atoms with Crippen molar-refractivity contribution in [3.05, 3.63) is 75.5 Å². The van der Waals surface area contributed by atoms with E-state index in [0.717, 1.165) is 10.0 Å². The summed E-state index contributed by atoms with van der Waals surface area (Å²) in [6.07, 6.45) is 1.24. The quantitative estimate of drug-likeness (QED) is 0.578. The molecule has 0 saturated carbocycles. The van der Waals surface area contributed by atoms with E-state index in [1.807, 2.05) is 13.0 Å². The molecule has 0 aromatic heterocycles. The molecule has 0 fully saturated rings. The molecule has 1 nitrogen and oxygen atoms in total. The van der Waals surface area contributed by atoms with Gasteiger partial charge in [-0.1, -0.05) is 57.9 Å². The number of carbonyl (C=O) groups excluding carboxylic acids is 1. The molecule has 0 N–H and O–H groups in total. The number of carbonyl (C=O) groups is 1. The van der Waals surface area contributed by atoms with Gasteiger partial charge < -0.3 is 0 Å². The van der Waals surface area contributed by atoms with E-state index in [2.05, 4.69) is 15.9 Å². The van der Waals surface area contributed by atoms with Gasteiger partial charge in [0.2, 0.25) is 5.78 Å². The average molecular weight is 319 g/mol. The lowest BCUT2D eigenvalue weighted by molar-refractivity contribution is 0.101. The Morgan fingerprint density at radius 1 is 1.16 bits per heavy atom. The van der Waals surface area contributed by atoms with Crippen LogP contribution in [0.25, 0.3) is 6.08 Å². The number of rotatable bonds is 3. The lowest BCUT2D eigenvalue weighted by atomic mass is 10.1. The molecular weight excluding hydrogens is 307 g/mol. The lowest BCUT2D eigenvalue weighted by Gasteiger charge is -2.00.